The van der Waals surface area contributed by atoms with E-state index in [1.807, 2.05) is 0 Å². The van der Waals surface area contributed by atoms with Crippen LogP contribution >= 0.6 is 11.6 Å². The summed E-state index contributed by atoms with van der Waals surface area (Å²) in [6.45, 7) is 0.834. The molecule has 0 saturated carbocycles. The highest BCUT2D eigenvalue weighted by atomic mass is 35.5. The number of nitrogens with two attached hydrogens (primary N) is 1. The van der Waals surface area contributed by atoms with Gasteiger partial charge in [0.2, 0.25) is 0 Å². The van der Waals surface area contributed by atoms with Crippen molar-refractivity contribution >= 4 is 27.3 Å². The second kappa shape index (κ2) is 6.80. The molecular weight excluding hydrogens is 312 g/mol. The monoisotopic (exact) mass is 326 g/mol. The van der Waals surface area contributed by atoms with E-state index in [0.29, 0.717) is 29.6 Å². The van der Waals surface area contributed by atoms with E-state index in [2.05, 4.69) is 4.72 Å². The molecule has 0 aliphatic carbocycles. The lowest BCUT2D eigenvalue weighted by Crippen LogP contribution is -2.13. The highest BCUT2D eigenvalue weighted by Gasteiger charge is 2.13. The number of hydrogen-bond donors (Lipinski definition) is 2. The molecule has 0 spiro atoms. The van der Waals surface area contributed by atoms with Gasteiger partial charge in [-0.3, -0.25) is 4.72 Å². The predicted octanol–water partition coefficient (Wildman–Crippen LogP) is 2.48. The second-order valence-electron chi connectivity index (χ2n) is 4.22. The summed E-state index contributed by atoms with van der Waals surface area (Å²) in [6, 6.07) is 12.6. The van der Waals surface area contributed by atoms with Gasteiger partial charge in [0.15, 0.2) is 0 Å². The normalized spacial score (nSPS) is 11.1. The Bertz CT molecular complexity index is 685. The minimum absolute atomic E-state index is 0.148. The molecule has 0 aliphatic rings. The van der Waals surface area contributed by atoms with E-state index >= 15 is 0 Å². The van der Waals surface area contributed by atoms with Gasteiger partial charge in [-0.05, 0) is 48.5 Å². The molecule has 3 N–H and O–H groups in total. The smallest absolute Gasteiger partial charge is 0.261 e. The maximum atomic E-state index is 12.2. The van der Waals surface area contributed by atoms with Crippen LogP contribution in [-0.2, 0) is 10.0 Å². The Labute approximate surface area is 128 Å². The molecule has 0 atom stereocenters. The fourth-order valence-corrected chi connectivity index (χ4v) is 2.81. The van der Waals surface area contributed by atoms with Gasteiger partial charge in [-0.15, -0.1) is 0 Å². The third kappa shape index (κ3) is 4.35. The minimum Gasteiger partial charge on any atom is -0.492 e. The molecule has 0 aliphatic heterocycles. The molecule has 112 valence electrons. The van der Waals surface area contributed by atoms with Crippen LogP contribution in [0.3, 0.4) is 0 Å². The summed E-state index contributed by atoms with van der Waals surface area (Å²) in [6.07, 6.45) is 0. The van der Waals surface area contributed by atoms with Crippen LogP contribution in [0.15, 0.2) is 53.4 Å². The molecule has 21 heavy (non-hydrogen) atoms. The van der Waals surface area contributed by atoms with Gasteiger partial charge in [0.05, 0.1) is 4.90 Å². The van der Waals surface area contributed by atoms with Crippen molar-refractivity contribution in [1.82, 2.24) is 0 Å². The van der Waals surface area contributed by atoms with Crippen LogP contribution in [0.4, 0.5) is 5.69 Å². The number of anilines is 1. The minimum atomic E-state index is -3.63. The van der Waals surface area contributed by atoms with Gasteiger partial charge >= 0.3 is 0 Å². The molecule has 0 bridgehead atoms. The summed E-state index contributed by atoms with van der Waals surface area (Å²) < 4.78 is 32.1. The molecule has 0 amide bonds. The summed E-state index contributed by atoms with van der Waals surface area (Å²) in [5.41, 5.74) is 5.79. The zero-order valence-corrected chi connectivity index (χ0v) is 12.7. The zero-order chi connectivity index (χ0) is 15.3. The highest BCUT2D eigenvalue weighted by molar-refractivity contribution is 7.92. The van der Waals surface area contributed by atoms with Crippen molar-refractivity contribution in [1.29, 1.82) is 0 Å². The molecule has 0 radical (unpaired) electrons. The van der Waals surface area contributed by atoms with Gasteiger partial charge in [-0.25, -0.2) is 8.42 Å². The van der Waals surface area contributed by atoms with Gasteiger partial charge < -0.3 is 10.5 Å². The summed E-state index contributed by atoms with van der Waals surface area (Å²) in [7, 11) is -3.63. The van der Waals surface area contributed by atoms with E-state index in [1.54, 1.807) is 24.3 Å². The van der Waals surface area contributed by atoms with E-state index in [4.69, 9.17) is 22.1 Å². The van der Waals surface area contributed by atoms with E-state index < -0.39 is 10.0 Å². The molecule has 0 unspecified atom stereocenters. The summed E-state index contributed by atoms with van der Waals surface area (Å²) >= 11 is 5.74. The zero-order valence-electron chi connectivity index (χ0n) is 11.1. The van der Waals surface area contributed by atoms with Crippen LogP contribution in [0.25, 0.3) is 0 Å². The Hall–Kier alpha value is -1.76. The lowest BCUT2D eigenvalue weighted by molar-refractivity contribution is 0.328. The van der Waals surface area contributed by atoms with Gasteiger partial charge in [0.25, 0.3) is 10.0 Å². The van der Waals surface area contributed by atoms with Gasteiger partial charge in [-0.1, -0.05) is 11.6 Å². The third-order valence-corrected chi connectivity index (χ3v) is 4.27. The number of halogens is 1. The Balaban J connectivity index is 2.11. The second-order valence-corrected chi connectivity index (χ2v) is 6.34. The third-order valence-electron chi connectivity index (χ3n) is 2.62. The first-order valence-electron chi connectivity index (χ1n) is 6.22. The van der Waals surface area contributed by atoms with Crippen molar-refractivity contribution in [2.45, 2.75) is 4.90 Å². The Morgan fingerprint density at radius 3 is 2.24 bits per heavy atom. The Morgan fingerprint density at radius 2 is 1.67 bits per heavy atom. The fourth-order valence-electron chi connectivity index (χ4n) is 1.62. The average molecular weight is 327 g/mol. The van der Waals surface area contributed by atoms with Crippen molar-refractivity contribution in [3.05, 3.63) is 53.6 Å². The van der Waals surface area contributed by atoms with Crippen LogP contribution in [0.2, 0.25) is 5.02 Å². The molecular formula is C14H15ClN2O3S. The van der Waals surface area contributed by atoms with E-state index in [1.165, 1.54) is 24.3 Å². The molecule has 2 rings (SSSR count). The molecule has 0 saturated heterocycles. The molecule has 2 aromatic carbocycles. The van der Waals surface area contributed by atoms with Gasteiger partial charge in [-0.2, -0.15) is 0 Å². The topological polar surface area (TPSA) is 81.4 Å². The van der Waals surface area contributed by atoms with Crippen molar-refractivity contribution in [3.63, 3.8) is 0 Å². The molecule has 7 heteroatoms. The van der Waals surface area contributed by atoms with Crippen molar-refractivity contribution < 1.29 is 13.2 Å². The van der Waals surface area contributed by atoms with Gasteiger partial charge in [0.1, 0.15) is 12.4 Å². The lowest BCUT2D eigenvalue weighted by Gasteiger charge is -2.09. The van der Waals surface area contributed by atoms with Crippen molar-refractivity contribution in [2.75, 3.05) is 17.9 Å². The molecule has 2 aromatic rings. The lowest BCUT2D eigenvalue weighted by atomic mass is 10.3. The number of benzene rings is 2. The Kier molecular flexibility index (Phi) is 5.06. The molecule has 0 heterocycles. The van der Waals surface area contributed by atoms with Gasteiger partial charge in [0, 0.05) is 17.3 Å². The van der Waals surface area contributed by atoms with Crippen LogP contribution < -0.4 is 15.2 Å². The van der Waals surface area contributed by atoms with E-state index in [0.717, 1.165) is 0 Å². The number of nitrogens with one attached hydrogen (secondary N) is 1. The standard InChI is InChI=1S/C14H15ClN2O3S/c15-11-1-7-14(8-2-11)21(18,19)17-12-3-5-13(6-4-12)20-10-9-16/h1-8,17H,9-10,16H2. The van der Waals surface area contributed by atoms with Crippen LogP contribution in [0.5, 0.6) is 5.75 Å². The predicted molar refractivity (Wildman–Crippen MR) is 83.3 cm³/mol. The van der Waals surface area contributed by atoms with Crippen molar-refractivity contribution in [2.24, 2.45) is 5.73 Å². The number of ether oxygens (including phenoxy) is 1. The number of hydrogen-bond acceptors (Lipinski definition) is 4. The summed E-state index contributed by atoms with van der Waals surface area (Å²) in [5.74, 6) is 0.634. The summed E-state index contributed by atoms with van der Waals surface area (Å²) in [4.78, 5) is 0.148. The van der Waals surface area contributed by atoms with Crippen LogP contribution in [0, 0.1) is 0 Å². The van der Waals surface area contributed by atoms with E-state index in [-0.39, 0.29) is 4.90 Å². The first kappa shape index (κ1) is 15.6. The van der Waals surface area contributed by atoms with E-state index in [9.17, 15) is 8.42 Å². The highest BCUT2D eigenvalue weighted by Crippen LogP contribution is 2.20. The maximum absolute atomic E-state index is 12.2. The average Bonchev–Trinajstić information content (AvgIpc) is 2.47. The molecule has 0 aromatic heterocycles. The first-order valence-corrected chi connectivity index (χ1v) is 8.09. The Morgan fingerprint density at radius 1 is 1.05 bits per heavy atom. The van der Waals surface area contributed by atoms with Crippen molar-refractivity contribution in [3.8, 4) is 5.75 Å². The van der Waals surface area contributed by atoms with Crippen LogP contribution in [0.1, 0.15) is 0 Å². The number of sulfonamides is 1. The quantitative estimate of drug-likeness (QED) is 0.854. The summed E-state index contributed by atoms with van der Waals surface area (Å²) in [5, 5.41) is 0.482. The maximum Gasteiger partial charge on any atom is 0.261 e. The fraction of sp³-hybridized carbons (Fsp3) is 0.143. The first-order chi connectivity index (χ1) is 10.0. The number of rotatable bonds is 6. The SMILES string of the molecule is NCCOc1ccc(NS(=O)(=O)c2ccc(Cl)cc2)cc1. The molecule has 5 nitrogen and oxygen atoms in total. The largest absolute Gasteiger partial charge is 0.492 e. The van der Waals surface area contributed by atoms with Crippen LogP contribution in [-0.4, -0.2) is 21.6 Å². The molecule has 0 fully saturated rings.